The molecule has 1 aliphatic rings. The molecule has 106 valence electrons. The van der Waals surface area contributed by atoms with E-state index in [-0.39, 0.29) is 12.4 Å². The second-order valence-corrected chi connectivity index (χ2v) is 3.99. The van der Waals surface area contributed by atoms with Crippen molar-refractivity contribution >= 4 is 11.9 Å². The third-order valence-electron chi connectivity index (χ3n) is 2.79. The zero-order valence-corrected chi connectivity index (χ0v) is 11.2. The van der Waals surface area contributed by atoms with Crippen LogP contribution in [0.1, 0.15) is 5.56 Å². The molecule has 0 saturated carbocycles. The molecule has 0 bridgehead atoms. The largest absolute Gasteiger partial charge is 0.465 e. The molecule has 0 unspecified atom stereocenters. The van der Waals surface area contributed by atoms with Crippen LogP contribution in [0.4, 0.5) is 0 Å². The monoisotopic (exact) mass is 278 g/mol. The Labute approximate surface area is 115 Å². The van der Waals surface area contributed by atoms with Crippen LogP contribution in [0.15, 0.2) is 29.8 Å². The SMILES string of the molecule is COC(=O)C(=CCc1ccc2c(c1)OCO2)C(=O)OC. The van der Waals surface area contributed by atoms with Gasteiger partial charge in [-0.15, -0.1) is 0 Å². The zero-order chi connectivity index (χ0) is 14.5. The molecule has 1 aliphatic heterocycles. The van der Waals surface area contributed by atoms with Crippen LogP contribution in [0.2, 0.25) is 0 Å². The maximum absolute atomic E-state index is 11.5. The van der Waals surface area contributed by atoms with Gasteiger partial charge in [-0.25, -0.2) is 9.59 Å². The van der Waals surface area contributed by atoms with Crippen molar-refractivity contribution in [3.63, 3.8) is 0 Å². The summed E-state index contributed by atoms with van der Waals surface area (Å²) >= 11 is 0. The first-order chi connectivity index (χ1) is 9.65. The van der Waals surface area contributed by atoms with E-state index < -0.39 is 11.9 Å². The molecule has 6 nitrogen and oxygen atoms in total. The first-order valence-electron chi connectivity index (χ1n) is 5.91. The van der Waals surface area contributed by atoms with Crippen molar-refractivity contribution < 1.29 is 28.5 Å². The highest BCUT2D eigenvalue weighted by molar-refractivity contribution is 6.13. The summed E-state index contributed by atoms with van der Waals surface area (Å²) in [7, 11) is 2.42. The number of ether oxygens (including phenoxy) is 4. The summed E-state index contributed by atoms with van der Waals surface area (Å²) in [6, 6.07) is 5.41. The highest BCUT2D eigenvalue weighted by Gasteiger charge is 2.19. The molecule has 0 spiro atoms. The molecule has 0 atom stereocenters. The predicted molar refractivity (Wildman–Crippen MR) is 68.4 cm³/mol. The third kappa shape index (κ3) is 2.90. The lowest BCUT2D eigenvalue weighted by atomic mass is 10.1. The average molecular weight is 278 g/mol. The number of carbonyl (C=O) groups excluding carboxylic acids is 2. The van der Waals surface area contributed by atoms with Crippen LogP contribution >= 0.6 is 0 Å². The lowest BCUT2D eigenvalue weighted by molar-refractivity contribution is -0.144. The quantitative estimate of drug-likeness (QED) is 0.357. The van der Waals surface area contributed by atoms with Crippen LogP contribution < -0.4 is 9.47 Å². The number of carbonyl (C=O) groups is 2. The van der Waals surface area contributed by atoms with E-state index in [1.54, 1.807) is 12.1 Å². The molecule has 1 heterocycles. The molecular formula is C14H14O6. The molecule has 6 heteroatoms. The van der Waals surface area contributed by atoms with Crippen molar-refractivity contribution in [1.29, 1.82) is 0 Å². The standard InChI is InChI=1S/C14H14O6/c1-17-13(15)10(14(16)18-2)5-3-9-4-6-11-12(7-9)20-8-19-11/h4-7H,3,8H2,1-2H3. The Morgan fingerprint density at radius 1 is 1.15 bits per heavy atom. The Morgan fingerprint density at radius 3 is 2.45 bits per heavy atom. The molecule has 0 aliphatic carbocycles. The third-order valence-corrected chi connectivity index (χ3v) is 2.79. The van der Waals surface area contributed by atoms with Gasteiger partial charge in [-0.2, -0.15) is 0 Å². The molecule has 0 amide bonds. The first-order valence-corrected chi connectivity index (χ1v) is 5.91. The van der Waals surface area contributed by atoms with Crippen LogP contribution in [-0.2, 0) is 25.5 Å². The highest BCUT2D eigenvalue weighted by atomic mass is 16.7. The topological polar surface area (TPSA) is 71.1 Å². The molecule has 0 fully saturated rings. The van der Waals surface area contributed by atoms with Crippen molar-refractivity contribution in [2.75, 3.05) is 21.0 Å². The maximum atomic E-state index is 11.5. The smallest absolute Gasteiger partial charge is 0.344 e. The van der Waals surface area contributed by atoms with Gasteiger partial charge in [0.2, 0.25) is 6.79 Å². The van der Waals surface area contributed by atoms with Crippen molar-refractivity contribution in [3.05, 3.63) is 35.4 Å². The molecule has 0 N–H and O–H groups in total. The average Bonchev–Trinajstić information content (AvgIpc) is 2.94. The predicted octanol–water partition coefficient (Wildman–Crippen LogP) is 1.23. The Kier molecular flexibility index (Phi) is 4.24. The van der Waals surface area contributed by atoms with Crippen molar-refractivity contribution in [3.8, 4) is 11.5 Å². The first kappa shape index (κ1) is 13.9. The minimum atomic E-state index is -0.724. The Balaban J connectivity index is 2.17. The highest BCUT2D eigenvalue weighted by Crippen LogP contribution is 2.32. The Hall–Kier alpha value is -2.50. The zero-order valence-electron chi connectivity index (χ0n) is 11.2. The minimum absolute atomic E-state index is 0.132. The van der Waals surface area contributed by atoms with Gasteiger partial charge in [0, 0.05) is 0 Å². The van der Waals surface area contributed by atoms with E-state index in [1.165, 1.54) is 20.3 Å². The van der Waals surface area contributed by atoms with Crippen molar-refractivity contribution in [1.82, 2.24) is 0 Å². The van der Waals surface area contributed by atoms with Gasteiger partial charge in [0.15, 0.2) is 11.5 Å². The summed E-state index contributed by atoms with van der Waals surface area (Å²) in [5.41, 5.74) is 0.743. The van der Waals surface area contributed by atoms with E-state index in [0.717, 1.165) is 5.56 Å². The normalized spacial score (nSPS) is 11.7. The summed E-state index contributed by atoms with van der Waals surface area (Å²) in [5, 5.41) is 0. The molecule has 0 aromatic heterocycles. The summed E-state index contributed by atoms with van der Waals surface area (Å²) in [6.07, 6.45) is 1.84. The van der Waals surface area contributed by atoms with E-state index in [4.69, 9.17) is 9.47 Å². The summed E-state index contributed by atoms with van der Waals surface area (Å²) in [6.45, 7) is 0.199. The maximum Gasteiger partial charge on any atom is 0.344 e. The molecule has 1 aromatic carbocycles. The van der Waals surface area contributed by atoms with Crippen LogP contribution in [-0.4, -0.2) is 33.0 Å². The van der Waals surface area contributed by atoms with E-state index in [0.29, 0.717) is 17.9 Å². The molecule has 2 rings (SSSR count). The molecular weight excluding hydrogens is 264 g/mol. The molecule has 1 aromatic rings. The fourth-order valence-corrected chi connectivity index (χ4v) is 1.76. The number of esters is 2. The van der Waals surface area contributed by atoms with E-state index in [1.807, 2.05) is 6.07 Å². The van der Waals surface area contributed by atoms with Gasteiger partial charge < -0.3 is 18.9 Å². The Morgan fingerprint density at radius 2 is 1.80 bits per heavy atom. The number of methoxy groups -OCH3 is 2. The number of hydrogen-bond donors (Lipinski definition) is 0. The van der Waals surface area contributed by atoms with E-state index in [2.05, 4.69) is 9.47 Å². The lowest BCUT2D eigenvalue weighted by Crippen LogP contribution is -2.16. The molecule has 20 heavy (non-hydrogen) atoms. The summed E-state index contributed by atoms with van der Waals surface area (Å²) < 4.78 is 19.6. The van der Waals surface area contributed by atoms with Crippen LogP contribution in [0.25, 0.3) is 0 Å². The number of allylic oxidation sites excluding steroid dienone is 1. The van der Waals surface area contributed by atoms with Crippen molar-refractivity contribution in [2.24, 2.45) is 0 Å². The van der Waals surface area contributed by atoms with Gasteiger partial charge in [-0.1, -0.05) is 12.1 Å². The van der Waals surface area contributed by atoms with Gasteiger partial charge in [-0.05, 0) is 24.1 Å². The lowest BCUT2D eigenvalue weighted by Gasteiger charge is -2.04. The van der Waals surface area contributed by atoms with Gasteiger partial charge in [0.1, 0.15) is 5.57 Å². The second-order valence-electron chi connectivity index (χ2n) is 3.99. The minimum Gasteiger partial charge on any atom is -0.465 e. The number of hydrogen-bond acceptors (Lipinski definition) is 6. The second kappa shape index (κ2) is 6.10. The Bertz CT molecular complexity index is 543. The molecule has 0 saturated heterocycles. The number of rotatable bonds is 4. The number of fused-ring (bicyclic) bond motifs is 1. The summed E-state index contributed by atoms with van der Waals surface area (Å²) in [4.78, 5) is 23.0. The van der Waals surface area contributed by atoms with Gasteiger partial charge in [0.25, 0.3) is 0 Å². The number of benzene rings is 1. The van der Waals surface area contributed by atoms with Crippen LogP contribution in [0.5, 0.6) is 11.5 Å². The van der Waals surface area contributed by atoms with Crippen LogP contribution in [0.3, 0.4) is 0 Å². The fourth-order valence-electron chi connectivity index (χ4n) is 1.76. The summed E-state index contributed by atoms with van der Waals surface area (Å²) in [5.74, 6) is -0.123. The van der Waals surface area contributed by atoms with Crippen LogP contribution in [0, 0.1) is 0 Å². The van der Waals surface area contributed by atoms with Gasteiger partial charge in [0.05, 0.1) is 14.2 Å². The molecule has 0 radical (unpaired) electrons. The van der Waals surface area contributed by atoms with Gasteiger partial charge in [-0.3, -0.25) is 0 Å². The fraction of sp³-hybridized carbons (Fsp3) is 0.286. The van der Waals surface area contributed by atoms with Crippen molar-refractivity contribution in [2.45, 2.75) is 6.42 Å². The van der Waals surface area contributed by atoms with E-state index in [9.17, 15) is 9.59 Å². The van der Waals surface area contributed by atoms with Gasteiger partial charge >= 0.3 is 11.9 Å². The van der Waals surface area contributed by atoms with E-state index >= 15 is 0 Å².